The van der Waals surface area contributed by atoms with Gasteiger partial charge in [0.15, 0.2) is 0 Å². The Morgan fingerprint density at radius 2 is 1.86 bits per heavy atom. The van der Waals surface area contributed by atoms with Crippen molar-refractivity contribution in [3.8, 4) is 0 Å². The molecule has 3 N–H and O–H groups in total. The van der Waals surface area contributed by atoms with Crippen LogP contribution in [-0.2, 0) is 0 Å². The van der Waals surface area contributed by atoms with Crippen LogP contribution in [-0.4, -0.2) is 16.2 Å². The Balaban J connectivity index is 2.03. The van der Waals surface area contributed by atoms with Crippen molar-refractivity contribution < 1.29 is 0 Å². The molecule has 1 aliphatic carbocycles. The highest BCUT2D eigenvalue weighted by molar-refractivity contribution is 5.92. The number of nitrogens with one attached hydrogen (secondary N) is 3. The monoisotopic (exact) mass is 287 g/mol. The molecule has 112 valence electrons. The number of rotatable bonds is 2. The summed E-state index contributed by atoms with van der Waals surface area (Å²) in [5.74, 6) is 1.22. The second-order valence-corrected chi connectivity index (χ2v) is 6.15. The number of fused-ring (bicyclic) bond motifs is 1. The Morgan fingerprint density at radius 1 is 1.10 bits per heavy atom. The average molecular weight is 287 g/mol. The van der Waals surface area contributed by atoms with Crippen LogP contribution >= 0.6 is 0 Å². The van der Waals surface area contributed by atoms with Crippen LogP contribution in [0, 0.1) is 11.8 Å². The van der Waals surface area contributed by atoms with Crippen LogP contribution in [0.25, 0.3) is 10.8 Å². The largest absolute Gasteiger partial charge is 0.381 e. The normalized spacial score (nSPS) is 25.9. The second kappa shape index (κ2) is 5.39. The van der Waals surface area contributed by atoms with Crippen molar-refractivity contribution in [1.82, 2.24) is 10.2 Å². The van der Waals surface area contributed by atoms with E-state index in [9.17, 15) is 9.59 Å². The number of anilines is 1. The van der Waals surface area contributed by atoms with E-state index in [-0.39, 0.29) is 11.1 Å². The quantitative estimate of drug-likeness (QED) is 0.794. The highest BCUT2D eigenvalue weighted by atomic mass is 16.1. The van der Waals surface area contributed by atoms with Crippen molar-refractivity contribution in [1.29, 1.82) is 0 Å². The molecule has 0 saturated heterocycles. The van der Waals surface area contributed by atoms with Crippen molar-refractivity contribution in [3.63, 3.8) is 0 Å². The molecule has 1 saturated carbocycles. The minimum absolute atomic E-state index is 0.260. The fourth-order valence-corrected chi connectivity index (χ4v) is 3.34. The summed E-state index contributed by atoms with van der Waals surface area (Å²) >= 11 is 0. The first-order valence-corrected chi connectivity index (χ1v) is 7.58. The van der Waals surface area contributed by atoms with Crippen molar-refractivity contribution in [2.24, 2.45) is 11.8 Å². The second-order valence-electron chi connectivity index (χ2n) is 6.15. The highest BCUT2D eigenvalue weighted by Gasteiger charge is 2.27. The fraction of sp³-hybridized carbons (Fsp3) is 0.500. The lowest BCUT2D eigenvalue weighted by Gasteiger charge is -2.35. The minimum Gasteiger partial charge on any atom is -0.381 e. The van der Waals surface area contributed by atoms with Gasteiger partial charge >= 0.3 is 0 Å². The molecule has 0 amide bonds. The van der Waals surface area contributed by atoms with Crippen molar-refractivity contribution >= 4 is 16.5 Å². The summed E-state index contributed by atoms with van der Waals surface area (Å²) in [5, 5.41) is 9.16. The Hall–Kier alpha value is -2.04. The topological polar surface area (TPSA) is 77.8 Å². The molecular formula is C16H21N3O2. The van der Waals surface area contributed by atoms with Crippen molar-refractivity contribution in [2.75, 3.05) is 5.32 Å². The molecule has 0 bridgehead atoms. The van der Waals surface area contributed by atoms with Gasteiger partial charge in [0.25, 0.3) is 11.1 Å². The lowest BCUT2D eigenvalue weighted by molar-refractivity contribution is 0.253. The molecule has 3 atom stereocenters. The molecule has 21 heavy (non-hydrogen) atoms. The third kappa shape index (κ3) is 2.48. The number of H-pyrrole nitrogens is 2. The lowest BCUT2D eigenvalue weighted by atomic mass is 9.78. The number of aromatic amines is 2. The van der Waals surface area contributed by atoms with Gasteiger partial charge in [-0.15, -0.1) is 0 Å². The number of hydrogen-bond acceptors (Lipinski definition) is 3. The molecule has 5 nitrogen and oxygen atoms in total. The Bertz CT molecular complexity index is 762. The molecule has 1 aliphatic rings. The summed E-state index contributed by atoms with van der Waals surface area (Å²) in [7, 11) is 0. The Kier molecular flexibility index (Phi) is 3.57. The van der Waals surface area contributed by atoms with Crippen LogP contribution in [0.4, 0.5) is 5.69 Å². The lowest BCUT2D eigenvalue weighted by Crippen LogP contribution is -2.35. The smallest absolute Gasteiger partial charge is 0.272 e. The van der Waals surface area contributed by atoms with E-state index >= 15 is 0 Å². The molecule has 1 aromatic heterocycles. The van der Waals surface area contributed by atoms with E-state index in [0.29, 0.717) is 28.7 Å². The molecule has 5 heteroatoms. The molecular weight excluding hydrogens is 266 g/mol. The summed E-state index contributed by atoms with van der Waals surface area (Å²) in [6.45, 7) is 4.53. The molecule has 3 rings (SSSR count). The average Bonchev–Trinajstić information content (AvgIpc) is 2.48. The predicted molar refractivity (Wildman–Crippen MR) is 84.8 cm³/mol. The van der Waals surface area contributed by atoms with Crippen LogP contribution in [0.3, 0.4) is 0 Å². The van der Waals surface area contributed by atoms with Gasteiger partial charge in [-0.2, -0.15) is 0 Å². The van der Waals surface area contributed by atoms with E-state index in [1.807, 2.05) is 12.1 Å². The van der Waals surface area contributed by atoms with Gasteiger partial charge in [-0.25, -0.2) is 0 Å². The van der Waals surface area contributed by atoms with Crippen LogP contribution in [0.15, 0.2) is 27.8 Å². The van der Waals surface area contributed by atoms with E-state index < -0.39 is 0 Å². The van der Waals surface area contributed by atoms with Gasteiger partial charge in [0.05, 0.1) is 10.8 Å². The fourth-order valence-electron chi connectivity index (χ4n) is 3.34. The summed E-state index contributed by atoms with van der Waals surface area (Å²) in [5.41, 5.74) is 0.230. The maximum Gasteiger partial charge on any atom is 0.272 e. The zero-order valence-electron chi connectivity index (χ0n) is 12.4. The van der Waals surface area contributed by atoms with E-state index in [1.165, 1.54) is 12.8 Å². The molecule has 1 aromatic carbocycles. The van der Waals surface area contributed by atoms with Crippen LogP contribution in [0.5, 0.6) is 0 Å². The maximum atomic E-state index is 12.1. The number of aromatic nitrogens is 2. The van der Waals surface area contributed by atoms with Crippen LogP contribution in [0.2, 0.25) is 0 Å². The van der Waals surface area contributed by atoms with Gasteiger partial charge < -0.3 is 5.32 Å². The van der Waals surface area contributed by atoms with Crippen LogP contribution < -0.4 is 16.4 Å². The first-order valence-electron chi connectivity index (χ1n) is 7.58. The zero-order chi connectivity index (χ0) is 15.0. The minimum atomic E-state index is -0.265. The third-order valence-corrected chi connectivity index (χ3v) is 4.87. The molecule has 3 unspecified atom stereocenters. The molecule has 1 fully saturated rings. The Labute approximate surface area is 122 Å². The third-order valence-electron chi connectivity index (χ3n) is 4.87. The number of benzene rings is 1. The number of hydrogen-bond donors (Lipinski definition) is 3. The summed E-state index contributed by atoms with van der Waals surface area (Å²) < 4.78 is 0. The van der Waals surface area contributed by atoms with Crippen molar-refractivity contribution in [3.05, 3.63) is 38.9 Å². The van der Waals surface area contributed by atoms with Gasteiger partial charge in [-0.1, -0.05) is 32.8 Å². The molecule has 0 radical (unpaired) electrons. The van der Waals surface area contributed by atoms with Crippen LogP contribution in [0.1, 0.15) is 33.1 Å². The predicted octanol–water partition coefficient (Wildman–Crippen LogP) is 2.45. The zero-order valence-corrected chi connectivity index (χ0v) is 12.4. The van der Waals surface area contributed by atoms with Gasteiger partial charge in [0, 0.05) is 11.7 Å². The van der Waals surface area contributed by atoms with Crippen molar-refractivity contribution in [2.45, 2.75) is 39.2 Å². The summed E-state index contributed by atoms with van der Waals surface area (Å²) in [6, 6.07) is 5.72. The molecule has 1 heterocycles. The van der Waals surface area contributed by atoms with Gasteiger partial charge in [0.1, 0.15) is 0 Å². The van der Waals surface area contributed by atoms with E-state index in [2.05, 4.69) is 29.4 Å². The maximum absolute atomic E-state index is 12.1. The van der Waals surface area contributed by atoms with E-state index in [1.54, 1.807) is 6.07 Å². The summed E-state index contributed by atoms with van der Waals surface area (Å²) in [6.07, 6.45) is 3.56. The first kappa shape index (κ1) is 13.9. The molecule has 2 aromatic rings. The Morgan fingerprint density at radius 3 is 2.67 bits per heavy atom. The summed E-state index contributed by atoms with van der Waals surface area (Å²) in [4.78, 5) is 23.9. The van der Waals surface area contributed by atoms with Gasteiger partial charge in [-0.3, -0.25) is 19.8 Å². The molecule has 0 aliphatic heterocycles. The van der Waals surface area contributed by atoms with E-state index in [4.69, 9.17) is 0 Å². The van der Waals surface area contributed by atoms with E-state index in [0.717, 1.165) is 12.1 Å². The molecule has 0 spiro atoms. The first-order chi connectivity index (χ1) is 10.1. The van der Waals surface area contributed by atoms with Gasteiger partial charge in [-0.05, 0) is 30.4 Å². The standard InChI is InChI=1S/C16H21N3O2/c1-9-5-3-7-12(10(9)2)17-13-8-4-6-11-14(13)16(21)19-18-15(11)20/h4,6,8-10,12,17H,3,5,7H2,1-2H3,(H,18,20)(H,19,21). The van der Waals surface area contributed by atoms with Gasteiger partial charge in [0.2, 0.25) is 0 Å². The SMILES string of the molecule is CC1CCCC(Nc2cccc3c(=O)[nH][nH]c(=O)c23)C1C. The highest BCUT2D eigenvalue weighted by Crippen LogP contribution is 2.32.